The highest BCUT2D eigenvalue weighted by Crippen LogP contribution is 2.30. The Morgan fingerprint density at radius 2 is 1.62 bits per heavy atom. The Labute approximate surface area is 134 Å². The van der Waals surface area contributed by atoms with Crippen LogP contribution in [-0.2, 0) is 0 Å². The van der Waals surface area contributed by atoms with Crippen LogP contribution in [0.4, 0.5) is 5.69 Å². The van der Waals surface area contributed by atoms with E-state index < -0.39 is 0 Å². The third-order valence-electron chi connectivity index (χ3n) is 3.93. The van der Waals surface area contributed by atoms with Crippen LogP contribution in [0.15, 0.2) is 65.1 Å². The molecule has 106 valence electrons. The summed E-state index contributed by atoms with van der Waals surface area (Å²) in [6.45, 7) is 4.34. The molecule has 0 aliphatic carbocycles. The molecule has 1 N–H and O–H groups in total. The van der Waals surface area contributed by atoms with Gasteiger partial charge < -0.3 is 5.32 Å². The molecule has 3 rings (SSSR count). The van der Waals surface area contributed by atoms with Crippen LogP contribution < -0.4 is 5.32 Å². The summed E-state index contributed by atoms with van der Waals surface area (Å²) in [5, 5.41) is 6.23. The third-order valence-corrected chi connectivity index (χ3v) is 4.79. The van der Waals surface area contributed by atoms with Crippen LogP contribution in [0.3, 0.4) is 0 Å². The Morgan fingerprint density at radius 3 is 2.48 bits per heavy atom. The molecule has 2 heteroatoms. The summed E-state index contributed by atoms with van der Waals surface area (Å²) in [6, 6.07) is 21.6. The number of rotatable bonds is 3. The lowest BCUT2D eigenvalue weighted by Gasteiger charge is -2.19. The Bertz CT molecular complexity index is 774. The predicted octanol–water partition coefficient (Wildman–Crippen LogP) is 6.08. The average molecular weight is 340 g/mol. The predicted molar refractivity (Wildman–Crippen MR) is 94.9 cm³/mol. The van der Waals surface area contributed by atoms with Gasteiger partial charge in [0.15, 0.2) is 0 Å². The molecule has 1 nitrogen and oxygen atoms in total. The van der Waals surface area contributed by atoms with Crippen LogP contribution in [-0.4, -0.2) is 0 Å². The summed E-state index contributed by atoms with van der Waals surface area (Å²) in [7, 11) is 0. The Kier molecular flexibility index (Phi) is 3.98. The monoisotopic (exact) mass is 339 g/mol. The first kappa shape index (κ1) is 14.2. The van der Waals surface area contributed by atoms with E-state index >= 15 is 0 Å². The summed E-state index contributed by atoms with van der Waals surface area (Å²) < 4.78 is 1.14. The molecule has 0 heterocycles. The minimum Gasteiger partial charge on any atom is -0.378 e. The van der Waals surface area contributed by atoms with Gasteiger partial charge in [0.25, 0.3) is 0 Å². The number of benzene rings is 3. The van der Waals surface area contributed by atoms with Gasteiger partial charge in [0.1, 0.15) is 0 Å². The van der Waals surface area contributed by atoms with Gasteiger partial charge in [-0.25, -0.2) is 0 Å². The van der Waals surface area contributed by atoms with Crippen molar-refractivity contribution >= 4 is 32.4 Å². The van der Waals surface area contributed by atoms with Gasteiger partial charge in [0.05, 0.1) is 0 Å². The molecule has 3 aromatic rings. The summed E-state index contributed by atoms with van der Waals surface area (Å²) >= 11 is 3.59. The van der Waals surface area contributed by atoms with Crippen LogP contribution in [0.25, 0.3) is 10.8 Å². The first-order chi connectivity index (χ1) is 10.2. The fourth-order valence-electron chi connectivity index (χ4n) is 2.70. The lowest BCUT2D eigenvalue weighted by molar-refractivity contribution is 0.892. The van der Waals surface area contributed by atoms with Crippen molar-refractivity contribution in [1.82, 2.24) is 0 Å². The standard InChI is InChI=1S/C19H18BrN/c1-13-18(20)11-6-12-19(13)21-14(2)16-10-5-8-15-7-3-4-9-17(15)16/h3-12,14,21H,1-2H3. The van der Waals surface area contributed by atoms with Gasteiger partial charge in [-0.3, -0.25) is 0 Å². The third kappa shape index (κ3) is 2.81. The van der Waals surface area contributed by atoms with Crippen molar-refractivity contribution in [2.45, 2.75) is 19.9 Å². The van der Waals surface area contributed by atoms with Crippen LogP contribution in [0, 0.1) is 6.92 Å². The van der Waals surface area contributed by atoms with Crippen molar-refractivity contribution in [3.63, 3.8) is 0 Å². The molecular formula is C19H18BrN. The van der Waals surface area contributed by atoms with Crippen molar-refractivity contribution in [3.05, 3.63) is 76.3 Å². The van der Waals surface area contributed by atoms with Crippen molar-refractivity contribution < 1.29 is 0 Å². The molecule has 0 spiro atoms. The van der Waals surface area contributed by atoms with Crippen LogP contribution in [0.2, 0.25) is 0 Å². The summed E-state index contributed by atoms with van der Waals surface area (Å²) in [5.74, 6) is 0. The summed E-state index contributed by atoms with van der Waals surface area (Å²) in [6.07, 6.45) is 0. The highest BCUT2D eigenvalue weighted by molar-refractivity contribution is 9.10. The topological polar surface area (TPSA) is 12.0 Å². The van der Waals surface area contributed by atoms with Gasteiger partial charge in [0.2, 0.25) is 0 Å². The highest BCUT2D eigenvalue weighted by atomic mass is 79.9. The van der Waals surface area contributed by atoms with E-state index in [0.29, 0.717) is 0 Å². The minimum atomic E-state index is 0.254. The zero-order valence-electron chi connectivity index (χ0n) is 12.2. The second-order valence-electron chi connectivity index (χ2n) is 5.35. The Hall–Kier alpha value is -1.80. The van der Waals surface area contributed by atoms with Crippen molar-refractivity contribution in [2.75, 3.05) is 5.32 Å². The quantitative estimate of drug-likeness (QED) is 0.609. The van der Waals surface area contributed by atoms with E-state index in [9.17, 15) is 0 Å². The zero-order valence-corrected chi connectivity index (χ0v) is 13.8. The lowest BCUT2D eigenvalue weighted by Crippen LogP contribution is -2.08. The van der Waals surface area contributed by atoms with Crippen molar-refractivity contribution in [3.8, 4) is 0 Å². The summed E-state index contributed by atoms with van der Waals surface area (Å²) in [5.41, 5.74) is 3.74. The van der Waals surface area contributed by atoms with Crippen molar-refractivity contribution in [1.29, 1.82) is 0 Å². The normalized spacial score (nSPS) is 12.3. The molecule has 0 saturated heterocycles. The van der Waals surface area contributed by atoms with E-state index in [1.54, 1.807) is 0 Å². The van der Waals surface area contributed by atoms with Crippen LogP contribution in [0.1, 0.15) is 24.1 Å². The molecule has 0 aromatic heterocycles. The molecule has 21 heavy (non-hydrogen) atoms. The maximum atomic E-state index is 3.63. The fourth-order valence-corrected chi connectivity index (χ4v) is 3.07. The molecule has 1 unspecified atom stereocenters. The van der Waals surface area contributed by atoms with Gasteiger partial charge in [0, 0.05) is 16.2 Å². The Morgan fingerprint density at radius 1 is 0.905 bits per heavy atom. The molecule has 0 amide bonds. The first-order valence-corrected chi connectivity index (χ1v) is 7.95. The minimum absolute atomic E-state index is 0.254. The first-order valence-electron chi connectivity index (χ1n) is 7.16. The number of nitrogens with one attached hydrogen (secondary N) is 1. The number of halogens is 1. The molecule has 0 saturated carbocycles. The van der Waals surface area contributed by atoms with Gasteiger partial charge in [-0.15, -0.1) is 0 Å². The smallest absolute Gasteiger partial charge is 0.0491 e. The number of anilines is 1. The average Bonchev–Trinajstić information content (AvgIpc) is 2.51. The van der Waals surface area contributed by atoms with E-state index in [1.165, 1.54) is 27.6 Å². The maximum absolute atomic E-state index is 3.63. The maximum Gasteiger partial charge on any atom is 0.0491 e. The van der Waals surface area contributed by atoms with Crippen molar-refractivity contribution in [2.24, 2.45) is 0 Å². The van der Waals surface area contributed by atoms with Gasteiger partial charge >= 0.3 is 0 Å². The molecule has 0 aliphatic heterocycles. The second kappa shape index (κ2) is 5.90. The molecule has 3 aromatic carbocycles. The van der Waals surface area contributed by atoms with Gasteiger partial charge in [-0.1, -0.05) is 64.5 Å². The fraction of sp³-hybridized carbons (Fsp3) is 0.158. The van der Waals surface area contributed by atoms with E-state index in [0.717, 1.165) is 4.47 Å². The molecule has 0 radical (unpaired) electrons. The van der Waals surface area contributed by atoms with E-state index in [2.05, 4.69) is 95.8 Å². The van der Waals surface area contributed by atoms with Gasteiger partial charge in [-0.05, 0) is 47.9 Å². The molecule has 1 atom stereocenters. The molecule has 0 fully saturated rings. The van der Waals surface area contributed by atoms with E-state index in [-0.39, 0.29) is 6.04 Å². The summed E-state index contributed by atoms with van der Waals surface area (Å²) in [4.78, 5) is 0. The second-order valence-corrected chi connectivity index (χ2v) is 6.20. The van der Waals surface area contributed by atoms with Crippen LogP contribution >= 0.6 is 15.9 Å². The Balaban J connectivity index is 1.97. The number of hydrogen-bond donors (Lipinski definition) is 1. The molecule has 0 bridgehead atoms. The zero-order chi connectivity index (χ0) is 14.8. The number of hydrogen-bond acceptors (Lipinski definition) is 1. The van der Waals surface area contributed by atoms with Crippen LogP contribution in [0.5, 0.6) is 0 Å². The lowest BCUT2D eigenvalue weighted by atomic mass is 9.99. The van der Waals surface area contributed by atoms with E-state index in [4.69, 9.17) is 0 Å². The highest BCUT2D eigenvalue weighted by Gasteiger charge is 2.10. The van der Waals surface area contributed by atoms with E-state index in [1.807, 2.05) is 0 Å². The van der Waals surface area contributed by atoms with Gasteiger partial charge in [-0.2, -0.15) is 0 Å². The largest absolute Gasteiger partial charge is 0.378 e. The molecular weight excluding hydrogens is 322 g/mol. The number of fused-ring (bicyclic) bond motifs is 1. The molecule has 0 aliphatic rings. The SMILES string of the molecule is Cc1c(Br)cccc1NC(C)c1cccc2ccccc12.